The van der Waals surface area contributed by atoms with Crippen molar-refractivity contribution in [3.05, 3.63) is 47.5 Å². The zero-order valence-electron chi connectivity index (χ0n) is 10.6. The number of nitrogens with zero attached hydrogens (tertiary/aromatic N) is 2. The second-order valence-corrected chi connectivity index (χ2v) is 5.78. The maximum absolute atomic E-state index is 12.4. The van der Waals surface area contributed by atoms with Crippen molar-refractivity contribution in [3.63, 3.8) is 0 Å². The molecule has 0 unspecified atom stereocenters. The van der Waals surface area contributed by atoms with Crippen LogP contribution in [0.4, 0.5) is 16.2 Å². The highest BCUT2D eigenvalue weighted by Crippen LogP contribution is 2.42. The van der Waals surface area contributed by atoms with Crippen LogP contribution in [0, 0.1) is 0 Å². The van der Waals surface area contributed by atoms with Crippen molar-refractivity contribution in [2.24, 2.45) is 0 Å². The molecule has 6 heteroatoms. The summed E-state index contributed by atoms with van der Waals surface area (Å²) in [4.78, 5) is 14.8. The third kappa shape index (κ3) is 2.19. The number of aromatic hydroxyl groups is 1. The van der Waals surface area contributed by atoms with Crippen molar-refractivity contribution in [1.82, 2.24) is 0 Å². The monoisotopic (exact) mass is 306 g/mol. The molecular weight excluding hydrogens is 296 g/mol. The van der Waals surface area contributed by atoms with Crippen LogP contribution >= 0.6 is 23.5 Å². The molecule has 0 aliphatic carbocycles. The number of urea groups is 1. The van der Waals surface area contributed by atoms with Crippen LogP contribution in [0.1, 0.15) is 0 Å². The molecule has 1 N–H and O–H groups in total. The fourth-order valence-electron chi connectivity index (χ4n) is 1.96. The topological polar surface area (TPSA) is 43.8 Å². The van der Waals surface area contributed by atoms with Gasteiger partial charge in [0, 0.05) is 18.1 Å². The first-order chi connectivity index (χ1) is 9.56. The smallest absolute Gasteiger partial charge is 0.339 e. The van der Waals surface area contributed by atoms with Crippen LogP contribution in [-0.2, 0) is 0 Å². The third-order valence-electron chi connectivity index (χ3n) is 3.02. The molecule has 0 saturated heterocycles. The first kappa shape index (κ1) is 13.1. The number of hydrogen-bond donors (Lipinski definition) is 1. The second kappa shape index (κ2) is 4.92. The fraction of sp³-hybridized carbons (Fsp3) is 0.0714. The number of amides is 2. The molecule has 2 aromatic rings. The van der Waals surface area contributed by atoms with Crippen LogP contribution in [0.15, 0.2) is 47.4 Å². The van der Waals surface area contributed by atoms with E-state index in [-0.39, 0.29) is 11.8 Å². The summed E-state index contributed by atoms with van der Waals surface area (Å²) in [5, 5.41) is 10.2. The van der Waals surface area contributed by atoms with Gasteiger partial charge < -0.3 is 5.11 Å². The lowest BCUT2D eigenvalue weighted by Gasteiger charge is -2.33. The van der Waals surface area contributed by atoms with Crippen LogP contribution in [0.2, 0.25) is 5.02 Å². The summed E-state index contributed by atoms with van der Waals surface area (Å²) < 4.78 is 1.59. The van der Waals surface area contributed by atoms with Gasteiger partial charge in [0.05, 0.1) is 16.3 Å². The molecule has 1 heterocycles. The number of halogens is 1. The van der Waals surface area contributed by atoms with Crippen molar-refractivity contribution in [3.8, 4) is 5.75 Å². The Morgan fingerprint density at radius 1 is 1.15 bits per heavy atom. The van der Waals surface area contributed by atoms with E-state index in [1.54, 1.807) is 53.8 Å². The van der Waals surface area contributed by atoms with Crippen molar-refractivity contribution in [2.75, 3.05) is 16.3 Å². The van der Waals surface area contributed by atoms with Gasteiger partial charge in [-0.05, 0) is 48.3 Å². The highest BCUT2D eigenvalue weighted by Gasteiger charge is 2.30. The summed E-state index contributed by atoms with van der Waals surface area (Å²) in [5.74, 6) is 0.143. The highest BCUT2D eigenvalue weighted by molar-refractivity contribution is 8.01. The molecule has 3 rings (SSSR count). The van der Waals surface area contributed by atoms with E-state index in [2.05, 4.69) is 0 Å². The van der Waals surface area contributed by atoms with Crippen molar-refractivity contribution >= 4 is 41.0 Å². The van der Waals surface area contributed by atoms with Crippen LogP contribution < -0.4 is 9.21 Å². The lowest BCUT2D eigenvalue weighted by molar-refractivity contribution is 0.255. The van der Waals surface area contributed by atoms with Gasteiger partial charge in [-0.3, -0.25) is 4.90 Å². The fourth-order valence-corrected chi connectivity index (χ4v) is 3.13. The van der Waals surface area contributed by atoms with Gasteiger partial charge in [-0.1, -0.05) is 11.6 Å². The number of phenolic OH excluding ortho intramolecular Hbond substituents is 1. The predicted molar refractivity (Wildman–Crippen MR) is 81.7 cm³/mol. The molecule has 0 aromatic heterocycles. The van der Waals surface area contributed by atoms with Gasteiger partial charge in [-0.15, -0.1) is 0 Å². The van der Waals surface area contributed by atoms with Gasteiger partial charge in [0.15, 0.2) is 0 Å². The Labute approximate surface area is 125 Å². The minimum atomic E-state index is -0.171. The van der Waals surface area contributed by atoms with Crippen LogP contribution in [-0.4, -0.2) is 18.2 Å². The molecule has 0 radical (unpaired) electrons. The summed E-state index contributed by atoms with van der Waals surface area (Å²) in [5.41, 5.74) is 1.46. The van der Waals surface area contributed by atoms with E-state index in [1.807, 2.05) is 0 Å². The summed E-state index contributed by atoms with van der Waals surface area (Å²) in [7, 11) is 1.68. The summed E-state index contributed by atoms with van der Waals surface area (Å²) >= 11 is 7.19. The molecule has 20 heavy (non-hydrogen) atoms. The number of carbonyl (C=O) groups excluding carboxylic acids is 1. The normalized spacial score (nSPS) is 14.4. The Morgan fingerprint density at radius 3 is 2.55 bits per heavy atom. The van der Waals surface area contributed by atoms with Gasteiger partial charge in [-0.25, -0.2) is 9.10 Å². The molecule has 2 aromatic carbocycles. The SMILES string of the molecule is CN1C(=O)N(c2ccc(Cl)cc2)Sc2ccc(O)cc21. The average molecular weight is 307 g/mol. The largest absolute Gasteiger partial charge is 0.508 e. The van der Waals surface area contributed by atoms with Gasteiger partial charge in [0.25, 0.3) is 0 Å². The van der Waals surface area contributed by atoms with Crippen molar-refractivity contribution in [2.45, 2.75) is 4.90 Å². The first-order valence-electron chi connectivity index (χ1n) is 5.90. The number of fused-ring (bicyclic) bond motifs is 1. The molecule has 0 atom stereocenters. The molecule has 1 aliphatic heterocycles. The molecule has 0 bridgehead atoms. The molecule has 0 saturated carbocycles. The van der Waals surface area contributed by atoms with E-state index < -0.39 is 0 Å². The number of phenols is 1. The van der Waals surface area contributed by atoms with Gasteiger partial charge in [0.1, 0.15) is 5.75 Å². The molecule has 102 valence electrons. The Bertz CT molecular complexity index is 675. The maximum atomic E-state index is 12.4. The molecule has 0 fully saturated rings. The quantitative estimate of drug-likeness (QED) is 0.806. The number of rotatable bonds is 1. The van der Waals surface area contributed by atoms with Gasteiger partial charge in [-0.2, -0.15) is 0 Å². The minimum Gasteiger partial charge on any atom is -0.508 e. The zero-order valence-corrected chi connectivity index (χ0v) is 12.1. The van der Waals surface area contributed by atoms with Crippen LogP contribution in [0.25, 0.3) is 0 Å². The molecule has 0 spiro atoms. The first-order valence-corrected chi connectivity index (χ1v) is 7.06. The Morgan fingerprint density at radius 2 is 1.85 bits per heavy atom. The van der Waals surface area contributed by atoms with Crippen LogP contribution in [0.3, 0.4) is 0 Å². The van der Waals surface area contributed by atoms with E-state index in [9.17, 15) is 9.90 Å². The highest BCUT2D eigenvalue weighted by atomic mass is 35.5. The lowest BCUT2D eigenvalue weighted by Crippen LogP contribution is -2.40. The number of anilines is 2. The summed E-state index contributed by atoms with van der Waals surface area (Å²) in [6.07, 6.45) is 0. The van der Waals surface area contributed by atoms with E-state index in [1.165, 1.54) is 16.8 Å². The summed E-state index contributed by atoms with van der Waals surface area (Å²) in [6.45, 7) is 0. The Hall–Kier alpha value is -1.85. The lowest BCUT2D eigenvalue weighted by atomic mass is 10.2. The molecule has 2 amide bonds. The minimum absolute atomic E-state index is 0.143. The Balaban J connectivity index is 2.02. The number of benzene rings is 2. The van der Waals surface area contributed by atoms with E-state index in [4.69, 9.17) is 11.6 Å². The van der Waals surface area contributed by atoms with Crippen molar-refractivity contribution in [1.29, 1.82) is 0 Å². The number of hydrogen-bond acceptors (Lipinski definition) is 3. The van der Waals surface area contributed by atoms with E-state index in [0.717, 1.165) is 10.6 Å². The molecule has 1 aliphatic rings. The summed E-state index contributed by atoms with van der Waals surface area (Å²) in [6, 6.07) is 11.9. The van der Waals surface area contributed by atoms with Crippen molar-refractivity contribution < 1.29 is 9.90 Å². The number of carbonyl (C=O) groups is 1. The van der Waals surface area contributed by atoms with Crippen LogP contribution in [0.5, 0.6) is 5.75 Å². The van der Waals surface area contributed by atoms with Gasteiger partial charge >= 0.3 is 6.03 Å². The zero-order chi connectivity index (χ0) is 14.3. The standard InChI is InChI=1S/C14H11ClN2O2S/c1-16-12-8-11(18)6-7-13(12)20-17(14(16)19)10-4-2-9(15)3-5-10/h2-8,18H,1H3. The second-order valence-electron chi connectivity index (χ2n) is 4.36. The molecular formula is C14H11ClN2O2S. The van der Waals surface area contributed by atoms with E-state index in [0.29, 0.717) is 10.7 Å². The average Bonchev–Trinajstić information content (AvgIpc) is 2.44. The van der Waals surface area contributed by atoms with E-state index >= 15 is 0 Å². The van der Waals surface area contributed by atoms with Gasteiger partial charge in [0.2, 0.25) is 0 Å². The third-order valence-corrected chi connectivity index (χ3v) is 4.36. The maximum Gasteiger partial charge on any atom is 0.339 e. The predicted octanol–water partition coefficient (Wildman–Crippen LogP) is 4.13. The Kier molecular flexibility index (Phi) is 3.23. The molecule has 4 nitrogen and oxygen atoms in total.